The van der Waals surface area contributed by atoms with Crippen molar-refractivity contribution in [2.24, 2.45) is 0 Å². The Bertz CT molecular complexity index is 309. The smallest absolute Gasteiger partial charge is 0.222 e. The van der Waals surface area contributed by atoms with Crippen LogP contribution in [0.2, 0.25) is 0 Å². The van der Waals surface area contributed by atoms with Crippen LogP contribution in [0.15, 0.2) is 6.20 Å². The Kier molecular flexibility index (Phi) is 2.17. The van der Waals surface area contributed by atoms with Gasteiger partial charge in [-0.05, 0) is 30.7 Å². The molecule has 1 aliphatic carbocycles. The predicted molar refractivity (Wildman–Crippen MR) is 52.9 cm³/mol. The number of nitrogens with one attached hydrogen (secondary N) is 1. The molecule has 13 heavy (non-hydrogen) atoms. The van der Waals surface area contributed by atoms with Crippen molar-refractivity contribution in [1.29, 1.82) is 0 Å². The lowest BCUT2D eigenvalue weighted by molar-refractivity contribution is 0.571. The van der Waals surface area contributed by atoms with Gasteiger partial charge in [-0.15, -0.1) is 0 Å². The van der Waals surface area contributed by atoms with E-state index in [2.05, 4.69) is 22.2 Å². The predicted octanol–water partition coefficient (Wildman–Crippen LogP) is 1.96. The molecule has 0 amide bonds. The van der Waals surface area contributed by atoms with E-state index in [1.807, 2.05) is 13.2 Å². The summed E-state index contributed by atoms with van der Waals surface area (Å²) >= 11 is 0. The van der Waals surface area contributed by atoms with Crippen LogP contribution in [0.1, 0.15) is 36.9 Å². The van der Waals surface area contributed by atoms with Crippen LogP contribution in [0.5, 0.6) is 0 Å². The van der Waals surface area contributed by atoms with Gasteiger partial charge in [-0.1, -0.05) is 6.92 Å². The first-order valence-electron chi connectivity index (χ1n) is 4.85. The fraction of sp³-hybridized carbons (Fsp3) is 0.600. The van der Waals surface area contributed by atoms with Crippen LogP contribution in [-0.2, 0) is 6.42 Å². The number of hydrogen-bond acceptors (Lipinski definition) is 3. The van der Waals surface area contributed by atoms with Gasteiger partial charge in [0, 0.05) is 13.2 Å². The first-order chi connectivity index (χ1) is 6.31. The lowest BCUT2D eigenvalue weighted by Crippen LogP contribution is -2.11. The molecule has 0 bridgehead atoms. The molecule has 1 N–H and O–H groups in total. The molecule has 1 heterocycles. The van der Waals surface area contributed by atoms with E-state index in [0.29, 0.717) is 5.92 Å². The van der Waals surface area contributed by atoms with E-state index in [9.17, 15) is 0 Å². The van der Waals surface area contributed by atoms with Gasteiger partial charge in [-0.2, -0.15) is 0 Å². The maximum absolute atomic E-state index is 4.49. The van der Waals surface area contributed by atoms with Gasteiger partial charge in [0.1, 0.15) is 0 Å². The molecule has 3 nitrogen and oxygen atoms in total. The Morgan fingerprint density at radius 2 is 2.38 bits per heavy atom. The average Bonchev–Trinajstić information content (AvgIpc) is 2.18. The molecule has 1 aromatic rings. The van der Waals surface area contributed by atoms with E-state index in [0.717, 1.165) is 12.4 Å². The second-order valence-corrected chi connectivity index (χ2v) is 3.65. The fourth-order valence-electron chi connectivity index (χ4n) is 1.90. The highest BCUT2D eigenvalue weighted by molar-refractivity contribution is 5.32. The highest BCUT2D eigenvalue weighted by Gasteiger charge is 2.18. The first-order valence-corrected chi connectivity index (χ1v) is 4.85. The van der Waals surface area contributed by atoms with Crippen molar-refractivity contribution in [2.75, 3.05) is 12.4 Å². The largest absolute Gasteiger partial charge is 0.357 e. The molecule has 0 saturated heterocycles. The van der Waals surface area contributed by atoms with Crippen molar-refractivity contribution < 1.29 is 0 Å². The van der Waals surface area contributed by atoms with Crippen LogP contribution < -0.4 is 5.32 Å². The van der Waals surface area contributed by atoms with Crippen molar-refractivity contribution >= 4 is 5.95 Å². The monoisotopic (exact) mass is 177 g/mol. The Morgan fingerprint density at radius 1 is 1.54 bits per heavy atom. The molecule has 0 aromatic carbocycles. The summed E-state index contributed by atoms with van der Waals surface area (Å²) < 4.78 is 0. The number of rotatable bonds is 1. The molecule has 3 heteroatoms. The van der Waals surface area contributed by atoms with Gasteiger partial charge in [0.05, 0.1) is 5.69 Å². The summed E-state index contributed by atoms with van der Waals surface area (Å²) in [4.78, 5) is 8.71. The Hall–Kier alpha value is -1.12. The number of aryl methyl sites for hydroxylation is 1. The maximum atomic E-state index is 4.49. The molecule has 0 spiro atoms. The van der Waals surface area contributed by atoms with Gasteiger partial charge in [0.2, 0.25) is 5.95 Å². The standard InChI is InChI=1S/C10H15N3/c1-7-4-3-5-8-6-12-10(11-2)13-9(7)8/h6-7H,3-5H2,1-2H3,(H,11,12,13). The van der Waals surface area contributed by atoms with E-state index in [4.69, 9.17) is 0 Å². The van der Waals surface area contributed by atoms with E-state index in [1.165, 1.54) is 24.1 Å². The fourth-order valence-corrected chi connectivity index (χ4v) is 1.90. The van der Waals surface area contributed by atoms with E-state index < -0.39 is 0 Å². The SMILES string of the molecule is CNc1ncc2c(n1)C(C)CCC2. The second-order valence-electron chi connectivity index (χ2n) is 3.65. The van der Waals surface area contributed by atoms with Crippen molar-refractivity contribution in [3.8, 4) is 0 Å². The number of fused-ring (bicyclic) bond motifs is 1. The van der Waals surface area contributed by atoms with Crippen LogP contribution in [0.4, 0.5) is 5.95 Å². The highest BCUT2D eigenvalue weighted by Crippen LogP contribution is 2.29. The van der Waals surface area contributed by atoms with E-state index >= 15 is 0 Å². The van der Waals surface area contributed by atoms with Gasteiger partial charge < -0.3 is 5.32 Å². The topological polar surface area (TPSA) is 37.8 Å². The summed E-state index contributed by atoms with van der Waals surface area (Å²) in [5.41, 5.74) is 2.57. The molecule has 0 saturated carbocycles. The number of anilines is 1. The summed E-state index contributed by atoms with van der Waals surface area (Å²) in [5.74, 6) is 1.34. The van der Waals surface area contributed by atoms with Crippen molar-refractivity contribution in [1.82, 2.24) is 9.97 Å². The van der Waals surface area contributed by atoms with Crippen LogP contribution in [0.25, 0.3) is 0 Å². The third-order valence-corrected chi connectivity index (χ3v) is 2.67. The molecule has 1 aliphatic rings. The van der Waals surface area contributed by atoms with Crippen molar-refractivity contribution in [3.63, 3.8) is 0 Å². The Morgan fingerprint density at radius 3 is 3.15 bits per heavy atom. The molecule has 0 aliphatic heterocycles. The summed E-state index contributed by atoms with van der Waals surface area (Å²) in [6.07, 6.45) is 5.64. The third kappa shape index (κ3) is 1.50. The lowest BCUT2D eigenvalue weighted by atomic mass is 9.89. The molecule has 1 unspecified atom stereocenters. The normalized spacial score (nSPS) is 20.9. The van der Waals surface area contributed by atoms with Gasteiger partial charge in [-0.25, -0.2) is 9.97 Å². The second kappa shape index (κ2) is 3.32. The van der Waals surface area contributed by atoms with Crippen molar-refractivity contribution in [3.05, 3.63) is 17.5 Å². The Balaban J connectivity index is 2.41. The van der Waals surface area contributed by atoms with Crippen LogP contribution in [0, 0.1) is 0 Å². The summed E-state index contributed by atoms with van der Waals surface area (Å²) in [6, 6.07) is 0. The maximum Gasteiger partial charge on any atom is 0.222 e. The molecule has 0 fully saturated rings. The summed E-state index contributed by atoms with van der Waals surface area (Å²) in [6.45, 7) is 2.24. The minimum absolute atomic E-state index is 0.596. The van der Waals surface area contributed by atoms with Gasteiger partial charge in [0.25, 0.3) is 0 Å². The zero-order valence-corrected chi connectivity index (χ0v) is 8.17. The third-order valence-electron chi connectivity index (χ3n) is 2.67. The molecular formula is C10H15N3. The average molecular weight is 177 g/mol. The lowest BCUT2D eigenvalue weighted by Gasteiger charge is -2.20. The van der Waals surface area contributed by atoms with Gasteiger partial charge in [-0.3, -0.25) is 0 Å². The molecule has 0 radical (unpaired) electrons. The van der Waals surface area contributed by atoms with Crippen LogP contribution >= 0.6 is 0 Å². The zero-order chi connectivity index (χ0) is 9.26. The molecule has 70 valence electrons. The molecule has 1 atom stereocenters. The van der Waals surface area contributed by atoms with E-state index in [-0.39, 0.29) is 0 Å². The van der Waals surface area contributed by atoms with Crippen LogP contribution in [0.3, 0.4) is 0 Å². The zero-order valence-electron chi connectivity index (χ0n) is 8.17. The summed E-state index contributed by atoms with van der Waals surface area (Å²) in [7, 11) is 1.86. The highest BCUT2D eigenvalue weighted by atomic mass is 15.1. The van der Waals surface area contributed by atoms with Gasteiger partial charge >= 0.3 is 0 Å². The summed E-state index contributed by atoms with van der Waals surface area (Å²) in [5, 5.41) is 2.98. The van der Waals surface area contributed by atoms with Crippen molar-refractivity contribution in [2.45, 2.75) is 32.1 Å². The molecule has 2 rings (SSSR count). The molecule has 1 aromatic heterocycles. The van der Waals surface area contributed by atoms with Gasteiger partial charge in [0.15, 0.2) is 0 Å². The van der Waals surface area contributed by atoms with E-state index in [1.54, 1.807) is 0 Å². The number of nitrogens with zero attached hydrogens (tertiary/aromatic N) is 2. The first kappa shape index (κ1) is 8.48. The minimum atomic E-state index is 0.596. The quantitative estimate of drug-likeness (QED) is 0.712. The number of aromatic nitrogens is 2. The molecular weight excluding hydrogens is 162 g/mol. The minimum Gasteiger partial charge on any atom is -0.357 e. The Labute approximate surface area is 78.6 Å². The number of hydrogen-bond donors (Lipinski definition) is 1. The van der Waals surface area contributed by atoms with Crippen LogP contribution in [-0.4, -0.2) is 17.0 Å².